The molecular formula is C10H13BrN2OS. The van der Waals surface area contributed by atoms with Gasteiger partial charge in [0.05, 0.1) is 4.88 Å². The first-order chi connectivity index (χ1) is 7.20. The molecule has 15 heavy (non-hydrogen) atoms. The van der Waals surface area contributed by atoms with Gasteiger partial charge in [0.25, 0.3) is 5.91 Å². The van der Waals surface area contributed by atoms with Crippen LogP contribution in [0.3, 0.4) is 0 Å². The van der Waals surface area contributed by atoms with Gasteiger partial charge in [0.15, 0.2) is 0 Å². The number of nitrogens with zero attached hydrogens (tertiary/aromatic N) is 1. The Balaban J connectivity index is 2.03. The van der Waals surface area contributed by atoms with Gasteiger partial charge in [-0.1, -0.05) is 0 Å². The molecule has 1 atom stereocenters. The molecule has 2 rings (SSSR count). The lowest BCUT2D eigenvalue weighted by molar-refractivity contribution is 0.0792. The maximum absolute atomic E-state index is 12.0. The van der Waals surface area contributed by atoms with Crippen LogP contribution in [0.1, 0.15) is 16.1 Å². The summed E-state index contributed by atoms with van der Waals surface area (Å²) in [6.45, 7) is 2.33. The van der Waals surface area contributed by atoms with E-state index in [0.717, 1.165) is 28.9 Å². The van der Waals surface area contributed by atoms with Gasteiger partial charge >= 0.3 is 0 Å². The van der Waals surface area contributed by atoms with Crippen molar-refractivity contribution in [1.29, 1.82) is 0 Å². The molecule has 1 aliphatic heterocycles. The van der Waals surface area contributed by atoms with Crippen molar-refractivity contribution in [3.8, 4) is 0 Å². The molecule has 1 aromatic heterocycles. The highest BCUT2D eigenvalue weighted by Gasteiger charge is 2.26. The molecule has 0 spiro atoms. The van der Waals surface area contributed by atoms with Crippen LogP contribution in [0.4, 0.5) is 0 Å². The average molecular weight is 289 g/mol. The molecule has 1 fully saturated rings. The number of nitrogens with two attached hydrogens (primary N) is 1. The van der Waals surface area contributed by atoms with Crippen molar-refractivity contribution >= 4 is 33.2 Å². The summed E-state index contributed by atoms with van der Waals surface area (Å²) in [6.07, 6.45) is 1.04. The van der Waals surface area contributed by atoms with Gasteiger partial charge in [-0.3, -0.25) is 4.79 Å². The summed E-state index contributed by atoms with van der Waals surface area (Å²) in [5, 5.41) is 1.93. The van der Waals surface area contributed by atoms with E-state index in [9.17, 15) is 4.79 Å². The Morgan fingerprint density at radius 2 is 2.53 bits per heavy atom. The number of hydrogen-bond acceptors (Lipinski definition) is 3. The summed E-state index contributed by atoms with van der Waals surface area (Å²) >= 11 is 4.84. The second kappa shape index (κ2) is 4.63. The molecule has 2 heterocycles. The fourth-order valence-electron chi connectivity index (χ4n) is 1.79. The number of halogens is 1. The Morgan fingerprint density at radius 3 is 3.07 bits per heavy atom. The van der Waals surface area contributed by atoms with E-state index in [-0.39, 0.29) is 5.91 Å². The van der Waals surface area contributed by atoms with Gasteiger partial charge in [0.1, 0.15) is 0 Å². The topological polar surface area (TPSA) is 46.3 Å². The Hall–Kier alpha value is -0.390. The first kappa shape index (κ1) is 11.1. The molecule has 1 aliphatic rings. The van der Waals surface area contributed by atoms with Gasteiger partial charge in [0, 0.05) is 22.9 Å². The zero-order chi connectivity index (χ0) is 10.8. The molecule has 2 N–H and O–H groups in total. The van der Waals surface area contributed by atoms with Gasteiger partial charge in [0.2, 0.25) is 0 Å². The first-order valence-electron chi connectivity index (χ1n) is 4.94. The van der Waals surface area contributed by atoms with Crippen LogP contribution in [0.5, 0.6) is 0 Å². The average Bonchev–Trinajstić information content (AvgIpc) is 2.84. The summed E-state index contributed by atoms with van der Waals surface area (Å²) in [5.74, 6) is 0.624. The lowest BCUT2D eigenvalue weighted by atomic mass is 10.1. The minimum absolute atomic E-state index is 0.140. The zero-order valence-corrected chi connectivity index (χ0v) is 10.7. The lowest BCUT2D eigenvalue weighted by Gasteiger charge is -2.14. The standard InChI is InChI=1S/C10H13BrN2OS/c11-8-3-9(15-6-8)10(14)13-2-1-7(4-12)5-13/h3,6-7H,1-2,4-5,12H2. The van der Waals surface area contributed by atoms with Crippen molar-refractivity contribution in [1.82, 2.24) is 4.90 Å². The lowest BCUT2D eigenvalue weighted by Crippen LogP contribution is -2.29. The summed E-state index contributed by atoms with van der Waals surface area (Å²) in [4.78, 5) is 14.7. The van der Waals surface area contributed by atoms with Crippen molar-refractivity contribution in [2.45, 2.75) is 6.42 Å². The third-order valence-corrected chi connectivity index (χ3v) is 4.36. The molecule has 3 nitrogen and oxygen atoms in total. The highest BCUT2D eigenvalue weighted by Crippen LogP contribution is 2.24. The van der Waals surface area contributed by atoms with Crippen LogP contribution >= 0.6 is 27.3 Å². The highest BCUT2D eigenvalue weighted by molar-refractivity contribution is 9.10. The van der Waals surface area contributed by atoms with Crippen molar-refractivity contribution in [2.75, 3.05) is 19.6 Å². The molecule has 0 aliphatic carbocycles. The Labute approximate surface area is 101 Å². The fourth-order valence-corrected chi connectivity index (χ4v) is 3.18. The van der Waals surface area contributed by atoms with E-state index in [0.29, 0.717) is 12.5 Å². The largest absolute Gasteiger partial charge is 0.338 e. The number of carbonyl (C=O) groups is 1. The normalized spacial score (nSPS) is 20.9. The maximum Gasteiger partial charge on any atom is 0.263 e. The number of likely N-dealkylation sites (tertiary alicyclic amines) is 1. The predicted molar refractivity (Wildman–Crippen MR) is 65.1 cm³/mol. The number of carbonyl (C=O) groups excluding carboxylic acids is 1. The van der Waals surface area contributed by atoms with E-state index in [1.807, 2.05) is 16.3 Å². The molecule has 1 amide bonds. The van der Waals surface area contributed by atoms with Crippen molar-refractivity contribution in [3.63, 3.8) is 0 Å². The number of rotatable bonds is 2. The smallest absolute Gasteiger partial charge is 0.263 e. The van der Waals surface area contributed by atoms with Gasteiger partial charge < -0.3 is 10.6 Å². The van der Waals surface area contributed by atoms with Gasteiger partial charge in [-0.05, 0) is 40.9 Å². The number of amides is 1. The molecule has 1 saturated heterocycles. The van der Waals surface area contributed by atoms with Crippen LogP contribution in [0.15, 0.2) is 15.9 Å². The molecule has 0 saturated carbocycles. The number of thiophene rings is 1. The monoisotopic (exact) mass is 288 g/mol. The third kappa shape index (κ3) is 2.41. The van der Waals surface area contributed by atoms with E-state index in [1.54, 1.807) is 0 Å². The molecular weight excluding hydrogens is 276 g/mol. The highest BCUT2D eigenvalue weighted by atomic mass is 79.9. The SMILES string of the molecule is NCC1CCN(C(=O)c2cc(Br)cs2)C1. The van der Waals surface area contributed by atoms with E-state index < -0.39 is 0 Å². The van der Waals surface area contributed by atoms with Crippen LogP contribution in [-0.2, 0) is 0 Å². The summed E-state index contributed by atoms with van der Waals surface area (Å²) in [6, 6.07) is 1.88. The minimum Gasteiger partial charge on any atom is -0.338 e. The van der Waals surface area contributed by atoms with Crippen LogP contribution in [-0.4, -0.2) is 30.4 Å². The Kier molecular flexibility index (Phi) is 3.43. The van der Waals surface area contributed by atoms with Crippen LogP contribution < -0.4 is 5.73 Å². The van der Waals surface area contributed by atoms with Crippen LogP contribution in [0.25, 0.3) is 0 Å². The molecule has 1 aromatic rings. The van der Waals surface area contributed by atoms with E-state index in [2.05, 4.69) is 15.9 Å². The molecule has 0 aromatic carbocycles. The van der Waals surface area contributed by atoms with Gasteiger partial charge in [-0.15, -0.1) is 11.3 Å². The van der Waals surface area contributed by atoms with E-state index in [1.165, 1.54) is 11.3 Å². The molecule has 1 unspecified atom stereocenters. The first-order valence-corrected chi connectivity index (χ1v) is 6.61. The minimum atomic E-state index is 0.140. The predicted octanol–water partition coefficient (Wildman–Crippen LogP) is 1.93. The summed E-state index contributed by atoms with van der Waals surface area (Å²) in [5.41, 5.74) is 5.60. The van der Waals surface area contributed by atoms with E-state index in [4.69, 9.17) is 5.73 Å². The van der Waals surface area contributed by atoms with Crippen molar-refractivity contribution < 1.29 is 4.79 Å². The second-order valence-electron chi connectivity index (χ2n) is 3.77. The molecule has 82 valence electrons. The fraction of sp³-hybridized carbons (Fsp3) is 0.500. The summed E-state index contributed by atoms with van der Waals surface area (Å²) in [7, 11) is 0. The van der Waals surface area contributed by atoms with Crippen molar-refractivity contribution in [2.24, 2.45) is 11.7 Å². The van der Waals surface area contributed by atoms with Crippen molar-refractivity contribution in [3.05, 3.63) is 20.8 Å². The maximum atomic E-state index is 12.0. The zero-order valence-electron chi connectivity index (χ0n) is 8.28. The Morgan fingerprint density at radius 1 is 1.73 bits per heavy atom. The van der Waals surface area contributed by atoms with E-state index >= 15 is 0 Å². The van der Waals surface area contributed by atoms with Gasteiger partial charge in [-0.25, -0.2) is 0 Å². The summed E-state index contributed by atoms with van der Waals surface area (Å²) < 4.78 is 0.977. The van der Waals surface area contributed by atoms with Crippen LogP contribution in [0, 0.1) is 5.92 Å². The van der Waals surface area contributed by atoms with Crippen LogP contribution in [0.2, 0.25) is 0 Å². The quantitative estimate of drug-likeness (QED) is 0.904. The van der Waals surface area contributed by atoms with Gasteiger partial charge in [-0.2, -0.15) is 0 Å². The second-order valence-corrected chi connectivity index (χ2v) is 5.60. The third-order valence-electron chi connectivity index (χ3n) is 2.68. The molecule has 5 heteroatoms. The molecule has 0 bridgehead atoms. The number of hydrogen-bond donors (Lipinski definition) is 1. The molecule has 0 radical (unpaired) electrons. The Bertz CT molecular complexity index is 366.